The van der Waals surface area contributed by atoms with Gasteiger partial charge in [0.1, 0.15) is 0 Å². The van der Waals surface area contributed by atoms with Gasteiger partial charge in [0, 0.05) is 0 Å². The fourth-order valence-electron chi connectivity index (χ4n) is 1.81. The summed E-state index contributed by atoms with van der Waals surface area (Å²) in [4.78, 5) is 11.9. The average Bonchev–Trinajstić information content (AvgIpc) is 2.37. The first-order chi connectivity index (χ1) is 8.15. The van der Waals surface area contributed by atoms with Gasteiger partial charge in [0.25, 0.3) is 0 Å². The van der Waals surface area contributed by atoms with Crippen molar-refractivity contribution >= 4 is 5.91 Å². The highest BCUT2D eigenvalue weighted by Gasteiger charge is 2.26. The van der Waals surface area contributed by atoms with Crippen molar-refractivity contribution < 1.29 is 9.90 Å². The molecule has 0 saturated heterocycles. The number of aliphatic hydroxyl groups excluding tert-OH is 1. The van der Waals surface area contributed by atoms with Crippen LogP contribution in [-0.2, 0) is 11.2 Å². The number of rotatable bonds is 6. The summed E-state index contributed by atoms with van der Waals surface area (Å²) >= 11 is 0. The van der Waals surface area contributed by atoms with E-state index >= 15 is 0 Å². The largest absolute Gasteiger partial charge is 0.394 e. The summed E-state index contributed by atoms with van der Waals surface area (Å²) in [7, 11) is 0. The molecule has 0 radical (unpaired) electrons. The van der Waals surface area contributed by atoms with Crippen LogP contribution in [0.25, 0.3) is 0 Å². The van der Waals surface area contributed by atoms with Crippen LogP contribution in [-0.4, -0.2) is 23.2 Å². The second-order valence-corrected chi connectivity index (χ2v) is 4.36. The van der Waals surface area contributed by atoms with Gasteiger partial charge >= 0.3 is 0 Å². The lowest BCUT2D eigenvalue weighted by Gasteiger charge is -2.30. The van der Waals surface area contributed by atoms with E-state index in [1.807, 2.05) is 44.2 Å². The first kappa shape index (κ1) is 13.7. The van der Waals surface area contributed by atoms with Gasteiger partial charge in [-0.15, -0.1) is 0 Å². The quantitative estimate of drug-likeness (QED) is 0.791. The molecule has 0 atom stereocenters. The van der Waals surface area contributed by atoms with E-state index in [4.69, 9.17) is 0 Å². The average molecular weight is 235 g/mol. The SMILES string of the molecule is CCC(CC)(CO)NC(=O)Cc1ccccc1. The molecule has 1 aromatic carbocycles. The molecule has 17 heavy (non-hydrogen) atoms. The van der Waals surface area contributed by atoms with Crippen molar-refractivity contribution in [3.63, 3.8) is 0 Å². The highest BCUT2D eigenvalue weighted by Crippen LogP contribution is 2.14. The summed E-state index contributed by atoms with van der Waals surface area (Å²) in [6.45, 7) is 3.94. The molecule has 2 N–H and O–H groups in total. The molecular weight excluding hydrogens is 214 g/mol. The fraction of sp³-hybridized carbons (Fsp3) is 0.500. The van der Waals surface area contributed by atoms with Gasteiger partial charge in [0.15, 0.2) is 0 Å². The van der Waals surface area contributed by atoms with E-state index in [2.05, 4.69) is 5.32 Å². The zero-order valence-electron chi connectivity index (χ0n) is 10.6. The number of benzene rings is 1. The third kappa shape index (κ3) is 3.86. The number of nitrogens with one attached hydrogen (secondary N) is 1. The van der Waals surface area contributed by atoms with Crippen molar-refractivity contribution in [2.24, 2.45) is 0 Å². The van der Waals surface area contributed by atoms with Gasteiger partial charge in [-0.05, 0) is 18.4 Å². The summed E-state index contributed by atoms with van der Waals surface area (Å²) in [6.07, 6.45) is 1.84. The molecule has 0 aliphatic heterocycles. The van der Waals surface area contributed by atoms with Gasteiger partial charge in [-0.25, -0.2) is 0 Å². The normalized spacial score (nSPS) is 11.2. The summed E-state index contributed by atoms with van der Waals surface area (Å²) in [5, 5.41) is 12.3. The highest BCUT2D eigenvalue weighted by molar-refractivity contribution is 5.79. The molecule has 1 aromatic rings. The molecule has 0 spiro atoms. The Morgan fingerprint density at radius 3 is 2.29 bits per heavy atom. The van der Waals surface area contributed by atoms with Gasteiger partial charge in [0.2, 0.25) is 5.91 Å². The van der Waals surface area contributed by atoms with Crippen LogP contribution >= 0.6 is 0 Å². The molecule has 0 aromatic heterocycles. The third-order valence-electron chi connectivity index (χ3n) is 3.27. The minimum Gasteiger partial charge on any atom is -0.394 e. The Labute approximate surface area is 103 Å². The Kier molecular flexibility index (Phi) is 5.16. The minimum absolute atomic E-state index is 0.0134. The Morgan fingerprint density at radius 1 is 1.24 bits per heavy atom. The lowest BCUT2D eigenvalue weighted by Crippen LogP contribution is -2.51. The van der Waals surface area contributed by atoms with Crippen LogP contribution in [0.2, 0.25) is 0 Å². The van der Waals surface area contributed by atoms with Crippen LogP contribution in [0.1, 0.15) is 32.3 Å². The van der Waals surface area contributed by atoms with Gasteiger partial charge < -0.3 is 10.4 Å². The van der Waals surface area contributed by atoms with E-state index in [0.29, 0.717) is 6.42 Å². The van der Waals surface area contributed by atoms with E-state index < -0.39 is 5.54 Å². The molecule has 94 valence electrons. The lowest BCUT2D eigenvalue weighted by molar-refractivity contribution is -0.123. The summed E-state index contributed by atoms with van der Waals surface area (Å²) < 4.78 is 0. The van der Waals surface area contributed by atoms with Crippen LogP contribution in [0.15, 0.2) is 30.3 Å². The third-order valence-corrected chi connectivity index (χ3v) is 3.27. The van der Waals surface area contributed by atoms with E-state index in [9.17, 15) is 9.90 Å². The van der Waals surface area contributed by atoms with E-state index in [-0.39, 0.29) is 12.5 Å². The molecule has 0 bridgehead atoms. The zero-order chi connectivity index (χ0) is 12.7. The number of amides is 1. The van der Waals surface area contributed by atoms with E-state index in [1.54, 1.807) is 0 Å². The summed E-state index contributed by atoms with van der Waals surface area (Å²) in [6, 6.07) is 9.62. The minimum atomic E-state index is -0.466. The van der Waals surface area contributed by atoms with Crippen LogP contribution in [0.3, 0.4) is 0 Å². The van der Waals surface area contributed by atoms with Crippen molar-refractivity contribution in [3.8, 4) is 0 Å². The Bertz CT molecular complexity index is 336. The highest BCUT2D eigenvalue weighted by atomic mass is 16.3. The first-order valence-electron chi connectivity index (χ1n) is 6.11. The predicted molar refractivity (Wildman–Crippen MR) is 68.7 cm³/mol. The van der Waals surface area contributed by atoms with Crippen molar-refractivity contribution in [3.05, 3.63) is 35.9 Å². The van der Waals surface area contributed by atoms with Gasteiger partial charge in [-0.2, -0.15) is 0 Å². The number of aliphatic hydroxyl groups is 1. The molecule has 3 heteroatoms. The number of carbonyl (C=O) groups excluding carboxylic acids is 1. The van der Waals surface area contributed by atoms with Gasteiger partial charge in [-0.3, -0.25) is 4.79 Å². The molecule has 0 fully saturated rings. The number of carbonyl (C=O) groups is 1. The van der Waals surface area contributed by atoms with Crippen molar-refractivity contribution in [2.45, 2.75) is 38.6 Å². The Hall–Kier alpha value is -1.35. The topological polar surface area (TPSA) is 49.3 Å². The van der Waals surface area contributed by atoms with Crippen LogP contribution < -0.4 is 5.32 Å². The fourth-order valence-corrected chi connectivity index (χ4v) is 1.81. The first-order valence-corrected chi connectivity index (χ1v) is 6.11. The lowest BCUT2D eigenvalue weighted by atomic mass is 9.93. The second kappa shape index (κ2) is 6.40. The number of hydrogen-bond donors (Lipinski definition) is 2. The number of hydrogen-bond acceptors (Lipinski definition) is 2. The molecule has 0 aliphatic carbocycles. The maximum absolute atomic E-state index is 11.9. The van der Waals surface area contributed by atoms with Crippen molar-refractivity contribution in [1.29, 1.82) is 0 Å². The maximum Gasteiger partial charge on any atom is 0.224 e. The molecule has 1 rings (SSSR count). The van der Waals surface area contributed by atoms with Gasteiger partial charge in [0.05, 0.1) is 18.6 Å². The van der Waals surface area contributed by atoms with Crippen LogP contribution in [0.5, 0.6) is 0 Å². The molecule has 0 aliphatic rings. The molecule has 3 nitrogen and oxygen atoms in total. The monoisotopic (exact) mass is 235 g/mol. The predicted octanol–water partition coefficient (Wildman–Crippen LogP) is 1.90. The van der Waals surface area contributed by atoms with Crippen LogP contribution in [0.4, 0.5) is 0 Å². The van der Waals surface area contributed by atoms with Crippen molar-refractivity contribution in [2.75, 3.05) is 6.61 Å². The van der Waals surface area contributed by atoms with Crippen molar-refractivity contribution in [1.82, 2.24) is 5.32 Å². The summed E-state index contributed by atoms with van der Waals surface area (Å²) in [5.74, 6) is -0.0334. The molecule has 0 heterocycles. The second-order valence-electron chi connectivity index (χ2n) is 4.36. The standard InChI is InChI=1S/C14H21NO2/c1-3-14(4-2,11-16)15-13(17)10-12-8-6-5-7-9-12/h5-9,16H,3-4,10-11H2,1-2H3,(H,15,17). The Morgan fingerprint density at radius 2 is 1.82 bits per heavy atom. The van der Waals surface area contributed by atoms with Crippen LogP contribution in [0, 0.1) is 0 Å². The smallest absolute Gasteiger partial charge is 0.224 e. The summed E-state index contributed by atoms with van der Waals surface area (Å²) in [5.41, 5.74) is 0.523. The molecule has 0 saturated carbocycles. The molecule has 0 unspecified atom stereocenters. The molecule has 1 amide bonds. The van der Waals surface area contributed by atoms with E-state index in [1.165, 1.54) is 0 Å². The van der Waals surface area contributed by atoms with Gasteiger partial charge in [-0.1, -0.05) is 44.2 Å². The maximum atomic E-state index is 11.9. The Balaban J connectivity index is 2.60. The zero-order valence-corrected chi connectivity index (χ0v) is 10.6. The van der Waals surface area contributed by atoms with E-state index in [0.717, 1.165) is 18.4 Å². The molecular formula is C14H21NO2.